The van der Waals surface area contributed by atoms with Crippen molar-refractivity contribution in [1.29, 1.82) is 0 Å². The van der Waals surface area contributed by atoms with Gasteiger partial charge in [0.1, 0.15) is 5.82 Å². The fourth-order valence-electron chi connectivity index (χ4n) is 1.42. The Bertz CT molecular complexity index is 585. The summed E-state index contributed by atoms with van der Waals surface area (Å²) in [5.41, 5.74) is 1.42. The van der Waals surface area contributed by atoms with E-state index in [2.05, 4.69) is 42.2 Å². The third-order valence-electron chi connectivity index (χ3n) is 2.37. The highest BCUT2D eigenvalue weighted by molar-refractivity contribution is 9.11. The van der Waals surface area contributed by atoms with Gasteiger partial charge in [-0.2, -0.15) is 0 Å². The molecule has 0 atom stereocenters. The van der Waals surface area contributed by atoms with Crippen molar-refractivity contribution in [2.45, 2.75) is 6.92 Å². The Labute approximate surface area is 122 Å². The Morgan fingerprint density at radius 2 is 1.83 bits per heavy atom. The Balaban J connectivity index is 2.25. The fourth-order valence-corrected chi connectivity index (χ4v) is 2.46. The number of halogens is 2. The first-order valence-corrected chi connectivity index (χ1v) is 6.85. The smallest absolute Gasteiger partial charge is 0.256 e. The molecule has 0 saturated carbocycles. The van der Waals surface area contributed by atoms with E-state index in [1.54, 1.807) is 12.1 Å². The normalized spacial score (nSPS) is 10.2. The molecule has 0 fully saturated rings. The number of anilines is 1. The molecule has 0 aliphatic rings. The number of hydrogen-bond acceptors (Lipinski definition) is 2. The van der Waals surface area contributed by atoms with Gasteiger partial charge in [-0.3, -0.25) is 4.79 Å². The second-order valence-corrected chi connectivity index (χ2v) is 5.41. The summed E-state index contributed by atoms with van der Waals surface area (Å²) in [5.74, 6) is 0.343. The van der Waals surface area contributed by atoms with Crippen LogP contribution in [0.1, 0.15) is 16.1 Å². The molecule has 5 heteroatoms. The van der Waals surface area contributed by atoms with Gasteiger partial charge in [-0.1, -0.05) is 18.2 Å². The van der Waals surface area contributed by atoms with Crippen LogP contribution in [0.3, 0.4) is 0 Å². The highest BCUT2D eigenvalue weighted by atomic mass is 79.9. The van der Waals surface area contributed by atoms with Crippen LogP contribution in [0.2, 0.25) is 0 Å². The number of rotatable bonds is 2. The summed E-state index contributed by atoms with van der Waals surface area (Å²) in [5, 5.41) is 2.78. The van der Waals surface area contributed by atoms with Crippen molar-refractivity contribution in [3.05, 3.63) is 56.6 Å². The van der Waals surface area contributed by atoms with Crippen LogP contribution in [0.4, 0.5) is 5.82 Å². The zero-order valence-electron chi connectivity index (χ0n) is 9.58. The predicted molar refractivity (Wildman–Crippen MR) is 78.8 cm³/mol. The number of hydrogen-bond donors (Lipinski definition) is 1. The van der Waals surface area contributed by atoms with Gasteiger partial charge < -0.3 is 5.32 Å². The molecular formula is C13H10Br2N2O. The molecule has 0 bridgehead atoms. The second-order valence-electron chi connectivity index (χ2n) is 3.71. The zero-order valence-corrected chi connectivity index (χ0v) is 12.7. The minimum atomic E-state index is -0.175. The quantitative estimate of drug-likeness (QED) is 0.863. The van der Waals surface area contributed by atoms with E-state index in [0.717, 1.165) is 14.6 Å². The summed E-state index contributed by atoms with van der Waals surface area (Å²) in [7, 11) is 0. The summed E-state index contributed by atoms with van der Waals surface area (Å²) >= 11 is 6.76. The van der Waals surface area contributed by atoms with E-state index >= 15 is 0 Å². The van der Waals surface area contributed by atoms with Gasteiger partial charge in [-0.15, -0.1) is 0 Å². The molecule has 0 radical (unpaired) electrons. The van der Waals surface area contributed by atoms with E-state index in [4.69, 9.17) is 0 Å². The van der Waals surface area contributed by atoms with Crippen molar-refractivity contribution in [3.63, 3.8) is 0 Å². The number of benzene rings is 1. The highest BCUT2D eigenvalue weighted by Gasteiger charge is 2.10. The molecular weight excluding hydrogens is 360 g/mol. The molecule has 0 spiro atoms. The molecule has 0 aliphatic carbocycles. The van der Waals surface area contributed by atoms with Crippen molar-refractivity contribution in [2.75, 3.05) is 5.32 Å². The van der Waals surface area contributed by atoms with Crippen molar-refractivity contribution in [3.8, 4) is 0 Å². The molecule has 1 aromatic carbocycles. The molecule has 0 saturated heterocycles. The average molecular weight is 370 g/mol. The number of pyridine rings is 1. The predicted octanol–water partition coefficient (Wildman–Crippen LogP) is 4.17. The molecule has 0 unspecified atom stereocenters. The van der Waals surface area contributed by atoms with Crippen LogP contribution in [0.25, 0.3) is 0 Å². The molecule has 1 heterocycles. The second kappa shape index (κ2) is 5.63. The molecule has 1 amide bonds. The van der Waals surface area contributed by atoms with E-state index < -0.39 is 0 Å². The van der Waals surface area contributed by atoms with Crippen molar-refractivity contribution in [1.82, 2.24) is 4.98 Å². The summed E-state index contributed by atoms with van der Waals surface area (Å²) in [6.07, 6.45) is 0. The van der Waals surface area contributed by atoms with Gasteiger partial charge in [0.15, 0.2) is 0 Å². The maximum Gasteiger partial charge on any atom is 0.256 e. The number of nitrogens with zero attached hydrogens (tertiary/aromatic N) is 1. The Morgan fingerprint density at radius 3 is 2.50 bits per heavy atom. The lowest BCUT2D eigenvalue weighted by Crippen LogP contribution is -2.13. The minimum absolute atomic E-state index is 0.175. The van der Waals surface area contributed by atoms with Crippen LogP contribution in [0, 0.1) is 6.92 Å². The number of aryl methyl sites for hydroxylation is 1. The average Bonchev–Trinajstić information content (AvgIpc) is 2.37. The van der Waals surface area contributed by atoms with E-state index in [-0.39, 0.29) is 5.91 Å². The van der Waals surface area contributed by atoms with E-state index in [1.807, 2.05) is 31.2 Å². The van der Waals surface area contributed by atoms with E-state index in [9.17, 15) is 4.79 Å². The summed E-state index contributed by atoms with van der Waals surface area (Å²) in [6, 6.07) is 10.9. The first-order valence-electron chi connectivity index (χ1n) is 5.27. The molecule has 2 rings (SSSR count). The SMILES string of the molecule is Cc1nc(NC(=O)c2ccccc2)c(Br)cc1Br. The fraction of sp³-hybridized carbons (Fsp3) is 0.0769. The Hall–Kier alpha value is -1.20. The van der Waals surface area contributed by atoms with Gasteiger partial charge >= 0.3 is 0 Å². The first kappa shape index (κ1) is 13.2. The Morgan fingerprint density at radius 1 is 1.17 bits per heavy atom. The lowest BCUT2D eigenvalue weighted by molar-refractivity contribution is 0.102. The summed E-state index contributed by atoms with van der Waals surface area (Å²) in [4.78, 5) is 16.3. The van der Waals surface area contributed by atoms with E-state index in [0.29, 0.717) is 11.4 Å². The van der Waals surface area contributed by atoms with Crippen LogP contribution >= 0.6 is 31.9 Å². The standard InChI is InChI=1S/C13H10Br2N2O/c1-8-10(14)7-11(15)12(16-8)17-13(18)9-5-3-2-4-6-9/h2-7H,1H3,(H,16,17,18). The third kappa shape index (κ3) is 2.97. The van der Waals surface area contributed by atoms with Crippen molar-refractivity contribution < 1.29 is 4.79 Å². The van der Waals surface area contributed by atoms with Gasteiger partial charge in [0, 0.05) is 10.0 Å². The number of amides is 1. The van der Waals surface area contributed by atoms with E-state index in [1.165, 1.54) is 0 Å². The lowest BCUT2D eigenvalue weighted by atomic mass is 10.2. The Kier molecular flexibility index (Phi) is 4.14. The molecule has 92 valence electrons. The molecule has 1 aromatic heterocycles. The molecule has 18 heavy (non-hydrogen) atoms. The minimum Gasteiger partial charge on any atom is -0.306 e. The molecule has 1 N–H and O–H groups in total. The first-order chi connectivity index (χ1) is 8.58. The van der Waals surface area contributed by atoms with Gasteiger partial charge in [-0.05, 0) is 57.0 Å². The molecule has 3 nitrogen and oxygen atoms in total. The van der Waals surface area contributed by atoms with Crippen LogP contribution < -0.4 is 5.32 Å². The highest BCUT2D eigenvalue weighted by Crippen LogP contribution is 2.26. The van der Waals surface area contributed by atoms with Crippen LogP contribution in [-0.2, 0) is 0 Å². The lowest BCUT2D eigenvalue weighted by Gasteiger charge is -2.08. The zero-order chi connectivity index (χ0) is 13.1. The summed E-state index contributed by atoms with van der Waals surface area (Å²) < 4.78 is 1.64. The number of carbonyl (C=O) groups excluding carboxylic acids is 1. The van der Waals surface area contributed by atoms with Gasteiger partial charge in [0.05, 0.1) is 10.2 Å². The monoisotopic (exact) mass is 368 g/mol. The summed E-state index contributed by atoms with van der Waals surface area (Å²) in [6.45, 7) is 1.87. The van der Waals surface area contributed by atoms with Gasteiger partial charge in [0.2, 0.25) is 0 Å². The third-order valence-corrected chi connectivity index (χ3v) is 3.78. The van der Waals surface area contributed by atoms with Gasteiger partial charge in [0.25, 0.3) is 5.91 Å². The topological polar surface area (TPSA) is 42.0 Å². The van der Waals surface area contributed by atoms with Crippen LogP contribution in [0.15, 0.2) is 45.3 Å². The molecule has 2 aromatic rings. The van der Waals surface area contributed by atoms with Gasteiger partial charge in [-0.25, -0.2) is 4.98 Å². The van der Waals surface area contributed by atoms with Crippen molar-refractivity contribution >= 4 is 43.6 Å². The van der Waals surface area contributed by atoms with Crippen molar-refractivity contribution in [2.24, 2.45) is 0 Å². The largest absolute Gasteiger partial charge is 0.306 e. The number of aromatic nitrogens is 1. The van der Waals surface area contributed by atoms with Crippen LogP contribution in [0.5, 0.6) is 0 Å². The maximum absolute atomic E-state index is 12.0. The number of nitrogens with one attached hydrogen (secondary N) is 1. The maximum atomic E-state index is 12.0. The van der Waals surface area contributed by atoms with Crippen LogP contribution in [-0.4, -0.2) is 10.9 Å². The number of carbonyl (C=O) groups is 1. The molecule has 0 aliphatic heterocycles.